The van der Waals surface area contributed by atoms with Crippen LogP contribution in [0.25, 0.3) is 11.4 Å². The number of hydrogen-bond acceptors (Lipinski definition) is 4. The Hall–Kier alpha value is -1.89. The molecule has 1 N–H and O–H groups in total. The molecule has 0 amide bonds. The Bertz CT molecular complexity index is 633. The molecule has 2 rings (SSSR count). The second-order valence-corrected chi connectivity index (χ2v) is 5.45. The molecule has 0 saturated heterocycles. The largest absolute Gasteiger partial charge is 0.284 e. The van der Waals surface area contributed by atoms with Crippen molar-refractivity contribution in [3.05, 3.63) is 30.6 Å². The summed E-state index contributed by atoms with van der Waals surface area (Å²) in [4.78, 5) is 4.10. The molecule has 0 aliphatic rings. The van der Waals surface area contributed by atoms with Crippen molar-refractivity contribution in [2.75, 3.05) is 11.0 Å². The van der Waals surface area contributed by atoms with Crippen molar-refractivity contribution in [2.45, 2.75) is 0 Å². The number of aromatic nitrogens is 3. The third-order valence-corrected chi connectivity index (χ3v) is 2.63. The zero-order chi connectivity index (χ0) is 12.5. The summed E-state index contributed by atoms with van der Waals surface area (Å²) < 4.78 is 26.2. The summed E-state index contributed by atoms with van der Waals surface area (Å²) >= 11 is 0. The van der Waals surface area contributed by atoms with Crippen molar-refractivity contribution in [1.82, 2.24) is 14.8 Å². The van der Waals surface area contributed by atoms with E-state index >= 15 is 0 Å². The first kappa shape index (κ1) is 11.6. The van der Waals surface area contributed by atoms with Crippen LogP contribution in [0.3, 0.4) is 0 Å². The van der Waals surface area contributed by atoms with E-state index in [9.17, 15) is 8.42 Å². The van der Waals surface area contributed by atoms with Crippen molar-refractivity contribution in [3.8, 4) is 11.4 Å². The Labute approximate surface area is 99.4 Å². The van der Waals surface area contributed by atoms with Crippen molar-refractivity contribution in [3.63, 3.8) is 0 Å². The Morgan fingerprint density at radius 1 is 1.35 bits per heavy atom. The van der Waals surface area contributed by atoms with Crippen LogP contribution in [0.1, 0.15) is 0 Å². The molecule has 0 aliphatic carbocycles. The molecule has 0 atom stereocenters. The Morgan fingerprint density at radius 3 is 2.71 bits per heavy atom. The van der Waals surface area contributed by atoms with E-state index in [2.05, 4.69) is 14.8 Å². The van der Waals surface area contributed by atoms with E-state index in [0.29, 0.717) is 11.5 Å². The lowest BCUT2D eigenvalue weighted by Crippen LogP contribution is -2.09. The van der Waals surface area contributed by atoms with Gasteiger partial charge in [0.2, 0.25) is 10.0 Å². The van der Waals surface area contributed by atoms with Crippen LogP contribution in [0.2, 0.25) is 0 Å². The fourth-order valence-corrected chi connectivity index (χ4v) is 1.96. The number of anilines is 1. The lowest BCUT2D eigenvalue weighted by atomic mass is 10.2. The molecule has 0 bridgehead atoms. The lowest BCUT2D eigenvalue weighted by Gasteiger charge is -2.04. The van der Waals surface area contributed by atoms with Crippen LogP contribution in [-0.4, -0.2) is 29.4 Å². The number of aryl methyl sites for hydroxylation is 1. The maximum atomic E-state index is 11.1. The van der Waals surface area contributed by atoms with Crippen LogP contribution >= 0.6 is 0 Å². The fraction of sp³-hybridized carbons (Fsp3) is 0.200. The highest BCUT2D eigenvalue weighted by atomic mass is 32.2. The van der Waals surface area contributed by atoms with Gasteiger partial charge >= 0.3 is 0 Å². The van der Waals surface area contributed by atoms with Crippen molar-refractivity contribution in [2.24, 2.45) is 7.05 Å². The number of rotatable bonds is 3. The topological polar surface area (TPSA) is 76.9 Å². The van der Waals surface area contributed by atoms with Crippen LogP contribution in [0.15, 0.2) is 30.6 Å². The van der Waals surface area contributed by atoms with Crippen LogP contribution in [0, 0.1) is 0 Å². The van der Waals surface area contributed by atoms with Gasteiger partial charge in [-0.25, -0.2) is 13.4 Å². The number of sulfonamides is 1. The normalized spacial score (nSPS) is 11.4. The first-order chi connectivity index (χ1) is 7.94. The quantitative estimate of drug-likeness (QED) is 0.878. The Morgan fingerprint density at radius 2 is 2.12 bits per heavy atom. The summed E-state index contributed by atoms with van der Waals surface area (Å²) in [6, 6.07) is 6.94. The van der Waals surface area contributed by atoms with Gasteiger partial charge in [0.15, 0.2) is 5.82 Å². The number of benzene rings is 1. The van der Waals surface area contributed by atoms with Gasteiger partial charge < -0.3 is 0 Å². The highest BCUT2D eigenvalue weighted by molar-refractivity contribution is 7.92. The van der Waals surface area contributed by atoms with Gasteiger partial charge in [0.25, 0.3) is 0 Å². The molecule has 0 radical (unpaired) electrons. The average Bonchev–Trinajstić information content (AvgIpc) is 2.63. The molecule has 17 heavy (non-hydrogen) atoms. The SMILES string of the molecule is Cn1cnc(-c2cccc(NS(C)(=O)=O)c2)n1. The van der Waals surface area contributed by atoms with Gasteiger partial charge in [0, 0.05) is 18.3 Å². The second kappa shape index (κ2) is 4.17. The molecular weight excluding hydrogens is 240 g/mol. The molecule has 90 valence electrons. The van der Waals surface area contributed by atoms with E-state index in [4.69, 9.17) is 0 Å². The smallest absolute Gasteiger partial charge is 0.229 e. The lowest BCUT2D eigenvalue weighted by molar-refractivity contribution is 0.607. The van der Waals surface area contributed by atoms with Gasteiger partial charge in [-0.1, -0.05) is 12.1 Å². The molecule has 1 aromatic carbocycles. The van der Waals surface area contributed by atoms with E-state index in [1.165, 1.54) is 0 Å². The van der Waals surface area contributed by atoms with Crippen molar-refractivity contribution >= 4 is 15.7 Å². The van der Waals surface area contributed by atoms with Crippen LogP contribution in [0.4, 0.5) is 5.69 Å². The highest BCUT2D eigenvalue weighted by Crippen LogP contribution is 2.19. The minimum absolute atomic E-state index is 0.498. The summed E-state index contributed by atoms with van der Waals surface area (Å²) in [7, 11) is -1.49. The summed E-state index contributed by atoms with van der Waals surface area (Å²) in [6.45, 7) is 0. The number of hydrogen-bond donors (Lipinski definition) is 1. The highest BCUT2D eigenvalue weighted by Gasteiger charge is 2.06. The summed E-state index contributed by atoms with van der Waals surface area (Å²) in [6.07, 6.45) is 2.70. The van der Waals surface area contributed by atoms with E-state index in [0.717, 1.165) is 11.8 Å². The average molecular weight is 252 g/mol. The molecule has 0 spiro atoms. The van der Waals surface area contributed by atoms with Crippen LogP contribution in [0.5, 0.6) is 0 Å². The minimum Gasteiger partial charge on any atom is -0.284 e. The van der Waals surface area contributed by atoms with Crippen molar-refractivity contribution < 1.29 is 8.42 Å². The fourth-order valence-electron chi connectivity index (χ4n) is 1.41. The van der Waals surface area contributed by atoms with E-state index in [1.807, 2.05) is 6.07 Å². The van der Waals surface area contributed by atoms with Crippen LogP contribution < -0.4 is 4.72 Å². The summed E-state index contributed by atoms with van der Waals surface area (Å²) in [5.74, 6) is 0.560. The molecule has 7 heteroatoms. The molecule has 6 nitrogen and oxygen atoms in total. The zero-order valence-electron chi connectivity index (χ0n) is 9.45. The molecule has 0 fully saturated rings. The molecule has 1 aromatic heterocycles. The van der Waals surface area contributed by atoms with Crippen LogP contribution in [-0.2, 0) is 17.1 Å². The van der Waals surface area contributed by atoms with E-state index in [1.54, 1.807) is 36.3 Å². The number of nitrogens with zero attached hydrogens (tertiary/aromatic N) is 3. The van der Waals surface area contributed by atoms with Crippen molar-refractivity contribution in [1.29, 1.82) is 0 Å². The van der Waals surface area contributed by atoms with Gasteiger partial charge in [0.1, 0.15) is 6.33 Å². The second-order valence-electron chi connectivity index (χ2n) is 3.70. The Kier molecular flexibility index (Phi) is 2.84. The summed E-state index contributed by atoms with van der Waals surface area (Å²) in [5, 5.41) is 4.15. The van der Waals surface area contributed by atoms with E-state index in [-0.39, 0.29) is 0 Å². The predicted molar refractivity (Wildman–Crippen MR) is 64.9 cm³/mol. The Balaban J connectivity index is 2.35. The maximum Gasteiger partial charge on any atom is 0.229 e. The first-order valence-corrected chi connectivity index (χ1v) is 6.77. The van der Waals surface area contributed by atoms with Gasteiger partial charge in [0.05, 0.1) is 6.26 Å². The van der Waals surface area contributed by atoms with Gasteiger partial charge in [-0.15, -0.1) is 0 Å². The molecule has 0 saturated carbocycles. The van der Waals surface area contributed by atoms with Gasteiger partial charge in [-0.05, 0) is 12.1 Å². The zero-order valence-corrected chi connectivity index (χ0v) is 10.3. The monoisotopic (exact) mass is 252 g/mol. The molecular formula is C10H12N4O2S. The van der Waals surface area contributed by atoms with Gasteiger partial charge in [-0.3, -0.25) is 9.40 Å². The predicted octanol–water partition coefficient (Wildman–Crippen LogP) is 0.854. The van der Waals surface area contributed by atoms with Gasteiger partial charge in [-0.2, -0.15) is 5.10 Å². The number of nitrogens with one attached hydrogen (secondary N) is 1. The standard InChI is InChI=1S/C10H12N4O2S/c1-14-7-11-10(12-14)8-4-3-5-9(6-8)13-17(2,15)16/h3-7,13H,1-2H3. The van der Waals surface area contributed by atoms with E-state index < -0.39 is 10.0 Å². The third kappa shape index (κ3) is 3.04. The molecule has 0 unspecified atom stereocenters. The third-order valence-electron chi connectivity index (χ3n) is 2.02. The first-order valence-electron chi connectivity index (χ1n) is 4.88. The maximum absolute atomic E-state index is 11.1. The molecule has 2 aromatic rings. The molecule has 1 heterocycles. The summed E-state index contributed by atoms with van der Waals surface area (Å²) in [5.41, 5.74) is 1.26. The molecule has 0 aliphatic heterocycles. The minimum atomic E-state index is -3.27.